The van der Waals surface area contributed by atoms with E-state index in [1.807, 2.05) is 13.8 Å². The van der Waals surface area contributed by atoms with Gasteiger partial charge in [-0.2, -0.15) is 9.40 Å². The zero-order chi connectivity index (χ0) is 19.8. The fourth-order valence-electron chi connectivity index (χ4n) is 3.46. The molecule has 0 unspecified atom stereocenters. The second-order valence-electron chi connectivity index (χ2n) is 7.09. The average Bonchev–Trinajstić information content (AvgIpc) is 3.21. The minimum atomic E-state index is -3.64. The highest BCUT2D eigenvalue weighted by molar-refractivity contribution is 7.88. The Bertz CT molecular complexity index is 917. The maximum absolute atomic E-state index is 13.1. The molecule has 3 rings (SSSR count). The second-order valence-corrected chi connectivity index (χ2v) is 9.02. The number of aryl methyl sites for hydroxylation is 1. The Hall–Kier alpha value is -2.20. The molecular formula is C17H25N5O4S. The summed E-state index contributed by atoms with van der Waals surface area (Å²) in [5.74, 6) is 1.11. The van der Waals surface area contributed by atoms with Gasteiger partial charge < -0.3 is 4.42 Å². The molecule has 1 amide bonds. The van der Waals surface area contributed by atoms with E-state index in [1.165, 1.54) is 10.7 Å². The first-order chi connectivity index (χ1) is 12.7. The first kappa shape index (κ1) is 19.6. The molecule has 1 atom stereocenters. The number of carbonyl (C=O) groups excluding carboxylic acids is 1. The maximum Gasteiger partial charge on any atom is 0.246 e. The normalized spacial score (nSPS) is 18.7. The molecule has 27 heavy (non-hydrogen) atoms. The van der Waals surface area contributed by atoms with Gasteiger partial charge in [-0.15, -0.1) is 0 Å². The summed E-state index contributed by atoms with van der Waals surface area (Å²) in [5.41, 5.74) is 0.542. The van der Waals surface area contributed by atoms with Gasteiger partial charge in [0.05, 0.1) is 24.7 Å². The largest absolute Gasteiger partial charge is 0.448 e. The summed E-state index contributed by atoms with van der Waals surface area (Å²) in [4.78, 5) is 18.9. The Morgan fingerprint density at radius 2 is 2.15 bits per heavy atom. The van der Waals surface area contributed by atoms with E-state index in [9.17, 15) is 13.2 Å². The minimum Gasteiger partial charge on any atom is -0.448 e. The number of hydrogen-bond acceptors (Lipinski definition) is 6. The highest BCUT2D eigenvalue weighted by Crippen LogP contribution is 2.27. The van der Waals surface area contributed by atoms with Crippen LogP contribution in [0.15, 0.2) is 23.1 Å². The van der Waals surface area contributed by atoms with Crippen molar-refractivity contribution < 1.29 is 17.6 Å². The number of nitrogens with zero attached hydrogens (tertiary/aromatic N) is 5. The van der Waals surface area contributed by atoms with Gasteiger partial charge in [0, 0.05) is 25.6 Å². The molecule has 2 aromatic rings. The SMILES string of the molecule is CC(C)c1ocnc1CN([C@@H]1CCCN(c2ccnn2C)C1=O)S(C)(=O)=O. The minimum absolute atomic E-state index is 0.0124. The quantitative estimate of drug-likeness (QED) is 0.734. The lowest BCUT2D eigenvalue weighted by molar-refractivity contribution is -0.123. The third-order valence-corrected chi connectivity index (χ3v) is 5.99. The first-order valence-corrected chi connectivity index (χ1v) is 10.7. The van der Waals surface area contributed by atoms with Crippen LogP contribution in [0, 0.1) is 0 Å². The van der Waals surface area contributed by atoms with Crippen molar-refractivity contribution >= 4 is 21.7 Å². The Labute approximate surface area is 159 Å². The molecule has 10 heteroatoms. The maximum atomic E-state index is 13.1. The van der Waals surface area contributed by atoms with Crippen LogP contribution >= 0.6 is 0 Å². The molecule has 1 aliphatic rings. The predicted molar refractivity (Wildman–Crippen MR) is 99.6 cm³/mol. The lowest BCUT2D eigenvalue weighted by Gasteiger charge is -2.36. The topological polar surface area (TPSA) is 102 Å². The Balaban J connectivity index is 1.92. The van der Waals surface area contributed by atoms with Crippen LogP contribution in [0.5, 0.6) is 0 Å². The number of carbonyl (C=O) groups is 1. The highest BCUT2D eigenvalue weighted by atomic mass is 32.2. The monoisotopic (exact) mass is 395 g/mol. The van der Waals surface area contributed by atoms with Gasteiger partial charge in [-0.1, -0.05) is 13.8 Å². The molecule has 0 saturated carbocycles. The van der Waals surface area contributed by atoms with E-state index < -0.39 is 16.1 Å². The molecule has 1 fully saturated rings. The van der Waals surface area contributed by atoms with Gasteiger partial charge in [-0.3, -0.25) is 14.4 Å². The molecule has 0 spiro atoms. The van der Waals surface area contributed by atoms with Crippen molar-refractivity contribution in [1.82, 2.24) is 19.1 Å². The van der Waals surface area contributed by atoms with Crippen LogP contribution in [-0.4, -0.2) is 52.2 Å². The van der Waals surface area contributed by atoms with Gasteiger partial charge in [0.2, 0.25) is 15.9 Å². The van der Waals surface area contributed by atoms with E-state index in [1.54, 1.807) is 28.9 Å². The smallest absolute Gasteiger partial charge is 0.246 e. The van der Waals surface area contributed by atoms with E-state index in [4.69, 9.17) is 4.42 Å². The molecule has 2 aromatic heterocycles. The van der Waals surface area contributed by atoms with Crippen molar-refractivity contribution in [1.29, 1.82) is 0 Å². The Morgan fingerprint density at radius 3 is 2.74 bits per heavy atom. The van der Waals surface area contributed by atoms with Crippen LogP contribution in [0.4, 0.5) is 5.82 Å². The lowest BCUT2D eigenvalue weighted by atomic mass is 10.0. The van der Waals surface area contributed by atoms with Crippen molar-refractivity contribution in [2.24, 2.45) is 7.05 Å². The highest BCUT2D eigenvalue weighted by Gasteiger charge is 2.39. The van der Waals surface area contributed by atoms with E-state index in [-0.39, 0.29) is 18.4 Å². The van der Waals surface area contributed by atoms with E-state index in [2.05, 4.69) is 10.1 Å². The number of anilines is 1. The van der Waals surface area contributed by atoms with Crippen molar-refractivity contribution in [3.63, 3.8) is 0 Å². The van der Waals surface area contributed by atoms with E-state index in [0.29, 0.717) is 36.7 Å². The van der Waals surface area contributed by atoms with Crippen LogP contribution in [0.3, 0.4) is 0 Å². The lowest BCUT2D eigenvalue weighted by Crippen LogP contribution is -2.54. The van der Waals surface area contributed by atoms with Crippen LogP contribution in [0.2, 0.25) is 0 Å². The molecule has 0 radical (unpaired) electrons. The fourth-order valence-corrected chi connectivity index (χ4v) is 4.47. The van der Waals surface area contributed by atoms with Crippen LogP contribution < -0.4 is 4.90 Å². The molecule has 3 heterocycles. The second kappa shape index (κ2) is 7.43. The van der Waals surface area contributed by atoms with Crippen molar-refractivity contribution in [2.45, 2.75) is 45.2 Å². The zero-order valence-electron chi connectivity index (χ0n) is 16.0. The third kappa shape index (κ3) is 3.91. The summed E-state index contributed by atoms with van der Waals surface area (Å²) >= 11 is 0. The molecule has 1 saturated heterocycles. The number of rotatable bonds is 6. The zero-order valence-corrected chi connectivity index (χ0v) is 16.8. The van der Waals surface area contributed by atoms with Gasteiger partial charge >= 0.3 is 0 Å². The summed E-state index contributed by atoms with van der Waals surface area (Å²) in [6.07, 6.45) is 5.22. The summed E-state index contributed by atoms with van der Waals surface area (Å²) in [6, 6.07) is 0.972. The summed E-state index contributed by atoms with van der Waals surface area (Å²) in [7, 11) is -1.88. The number of piperidine rings is 1. The summed E-state index contributed by atoms with van der Waals surface area (Å²) in [6.45, 7) is 4.45. The van der Waals surface area contributed by atoms with Gasteiger partial charge in [-0.05, 0) is 12.8 Å². The van der Waals surface area contributed by atoms with Crippen molar-refractivity contribution in [3.8, 4) is 0 Å². The molecule has 0 aromatic carbocycles. The Morgan fingerprint density at radius 1 is 1.41 bits per heavy atom. The van der Waals surface area contributed by atoms with E-state index in [0.717, 1.165) is 6.26 Å². The number of hydrogen-bond donors (Lipinski definition) is 0. The molecule has 1 aliphatic heterocycles. The molecule has 9 nitrogen and oxygen atoms in total. The van der Waals surface area contributed by atoms with E-state index >= 15 is 0 Å². The van der Waals surface area contributed by atoms with Gasteiger partial charge in [0.15, 0.2) is 6.39 Å². The van der Waals surface area contributed by atoms with Gasteiger partial charge in [-0.25, -0.2) is 13.4 Å². The molecular weight excluding hydrogens is 370 g/mol. The third-order valence-electron chi connectivity index (χ3n) is 4.76. The number of oxazole rings is 1. The molecule has 0 aliphatic carbocycles. The van der Waals surface area contributed by atoms with Crippen molar-refractivity contribution in [3.05, 3.63) is 30.1 Å². The number of aromatic nitrogens is 3. The van der Waals surface area contributed by atoms with Crippen molar-refractivity contribution in [2.75, 3.05) is 17.7 Å². The van der Waals surface area contributed by atoms with Crippen LogP contribution in [0.1, 0.15) is 44.1 Å². The molecule has 0 N–H and O–H groups in total. The first-order valence-electron chi connectivity index (χ1n) is 8.88. The number of sulfonamides is 1. The summed E-state index contributed by atoms with van der Waals surface area (Å²) in [5, 5.41) is 4.11. The standard InChI is InChI=1S/C17H25N5O4S/c1-12(2)16-13(18-11-26-16)10-22(27(4,24)25)14-6-5-9-21(17(14)23)15-7-8-19-20(15)3/h7-8,11-12,14H,5-6,9-10H2,1-4H3/t14-/m1/s1. The fraction of sp³-hybridized carbons (Fsp3) is 0.588. The van der Waals surface area contributed by atoms with Crippen LogP contribution in [-0.2, 0) is 28.4 Å². The Kier molecular flexibility index (Phi) is 5.38. The predicted octanol–water partition coefficient (Wildman–Crippen LogP) is 1.49. The molecule has 0 bridgehead atoms. The summed E-state index contributed by atoms with van der Waals surface area (Å²) < 4.78 is 33.3. The average molecular weight is 395 g/mol. The number of amides is 1. The van der Waals surface area contributed by atoms with Crippen LogP contribution in [0.25, 0.3) is 0 Å². The van der Waals surface area contributed by atoms with Gasteiger partial charge in [0.25, 0.3) is 0 Å². The van der Waals surface area contributed by atoms with Gasteiger partial charge in [0.1, 0.15) is 17.6 Å². The molecule has 148 valence electrons.